The summed E-state index contributed by atoms with van der Waals surface area (Å²) in [6, 6.07) is 7.26. The zero-order valence-electron chi connectivity index (χ0n) is 10.9. The van der Waals surface area contributed by atoms with Gasteiger partial charge >= 0.3 is 0 Å². The summed E-state index contributed by atoms with van der Waals surface area (Å²) in [4.78, 5) is 11.8. The third kappa shape index (κ3) is 3.86. The number of nitrogens with one attached hydrogen (secondary N) is 1. The molecule has 2 N–H and O–H groups in total. The molecule has 94 valence electrons. The van der Waals surface area contributed by atoms with Crippen molar-refractivity contribution in [2.75, 3.05) is 5.32 Å². The molecule has 0 heterocycles. The molecule has 1 aromatic carbocycles. The highest BCUT2D eigenvalue weighted by Crippen LogP contribution is 2.17. The number of aliphatic hydroxyl groups is 1. The standard InChI is InChI=1S/C14H21NO2/c1-9(2)10(3)14(17)15-13-7-5-12(6-8-13)11(4)16/h5-11,16H,1-4H3,(H,15,17). The van der Waals surface area contributed by atoms with Crippen LogP contribution in [0.25, 0.3) is 0 Å². The minimum atomic E-state index is -0.477. The first-order valence-corrected chi connectivity index (χ1v) is 6.00. The Morgan fingerprint density at radius 3 is 2.06 bits per heavy atom. The molecule has 1 amide bonds. The molecule has 3 nitrogen and oxygen atoms in total. The van der Waals surface area contributed by atoms with Crippen molar-refractivity contribution in [3.8, 4) is 0 Å². The van der Waals surface area contributed by atoms with Gasteiger partial charge in [-0.25, -0.2) is 0 Å². The van der Waals surface area contributed by atoms with Crippen LogP contribution in [0.2, 0.25) is 0 Å². The van der Waals surface area contributed by atoms with Crippen molar-refractivity contribution in [3.05, 3.63) is 29.8 Å². The van der Waals surface area contributed by atoms with E-state index in [0.29, 0.717) is 5.92 Å². The fourth-order valence-electron chi connectivity index (χ4n) is 1.40. The van der Waals surface area contributed by atoms with Crippen LogP contribution in [0, 0.1) is 11.8 Å². The van der Waals surface area contributed by atoms with E-state index in [2.05, 4.69) is 5.32 Å². The van der Waals surface area contributed by atoms with Crippen LogP contribution in [0.1, 0.15) is 39.4 Å². The highest BCUT2D eigenvalue weighted by Gasteiger charge is 2.16. The first-order valence-electron chi connectivity index (χ1n) is 6.00. The molecule has 1 aromatic rings. The van der Waals surface area contributed by atoms with E-state index in [1.807, 2.05) is 45.0 Å². The first-order chi connectivity index (χ1) is 7.91. The Hall–Kier alpha value is -1.35. The number of benzene rings is 1. The smallest absolute Gasteiger partial charge is 0.227 e. The molecule has 2 atom stereocenters. The molecule has 17 heavy (non-hydrogen) atoms. The van der Waals surface area contributed by atoms with Gasteiger partial charge in [0, 0.05) is 11.6 Å². The zero-order valence-corrected chi connectivity index (χ0v) is 10.9. The number of carbonyl (C=O) groups excluding carboxylic acids is 1. The summed E-state index contributed by atoms with van der Waals surface area (Å²) in [5.74, 6) is 0.350. The summed E-state index contributed by atoms with van der Waals surface area (Å²) in [6.07, 6.45) is -0.477. The van der Waals surface area contributed by atoms with Crippen molar-refractivity contribution < 1.29 is 9.90 Å². The fraction of sp³-hybridized carbons (Fsp3) is 0.500. The molecule has 0 radical (unpaired) electrons. The molecule has 0 aliphatic carbocycles. The van der Waals surface area contributed by atoms with Crippen molar-refractivity contribution in [1.29, 1.82) is 0 Å². The molecule has 0 fully saturated rings. The minimum absolute atomic E-state index is 0.00792. The van der Waals surface area contributed by atoms with Gasteiger partial charge in [-0.1, -0.05) is 32.9 Å². The maximum atomic E-state index is 11.8. The van der Waals surface area contributed by atoms with Crippen LogP contribution in [-0.4, -0.2) is 11.0 Å². The lowest BCUT2D eigenvalue weighted by atomic mass is 9.97. The number of carbonyl (C=O) groups is 1. The van der Waals surface area contributed by atoms with E-state index in [4.69, 9.17) is 0 Å². The molecule has 0 bridgehead atoms. The average molecular weight is 235 g/mol. The van der Waals surface area contributed by atoms with Crippen molar-refractivity contribution in [1.82, 2.24) is 0 Å². The second-order valence-corrected chi connectivity index (χ2v) is 4.82. The summed E-state index contributed by atoms with van der Waals surface area (Å²) >= 11 is 0. The Morgan fingerprint density at radius 1 is 1.12 bits per heavy atom. The third-order valence-electron chi connectivity index (χ3n) is 3.07. The quantitative estimate of drug-likeness (QED) is 0.843. The number of amides is 1. The van der Waals surface area contributed by atoms with Gasteiger partial charge in [0.05, 0.1) is 6.10 Å². The highest BCUT2D eigenvalue weighted by atomic mass is 16.3. The van der Waals surface area contributed by atoms with Crippen molar-refractivity contribution in [3.63, 3.8) is 0 Å². The van der Waals surface area contributed by atoms with Crippen molar-refractivity contribution in [2.45, 2.75) is 33.8 Å². The molecule has 0 aliphatic heterocycles. The van der Waals surface area contributed by atoms with Crippen LogP contribution in [0.4, 0.5) is 5.69 Å². The summed E-state index contributed by atoms with van der Waals surface area (Å²) in [6.45, 7) is 7.69. The van der Waals surface area contributed by atoms with E-state index in [0.717, 1.165) is 11.3 Å². The summed E-state index contributed by atoms with van der Waals surface area (Å²) in [5.41, 5.74) is 1.62. The van der Waals surface area contributed by atoms with Gasteiger partial charge in [0.25, 0.3) is 0 Å². The van der Waals surface area contributed by atoms with E-state index < -0.39 is 6.10 Å². The molecule has 0 aliphatic rings. The van der Waals surface area contributed by atoms with Gasteiger partial charge in [-0.3, -0.25) is 4.79 Å². The van der Waals surface area contributed by atoms with Crippen molar-refractivity contribution in [2.24, 2.45) is 11.8 Å². The van der Waals surface area contributed by atoms with Crippen LogP contribution in [-0.2, 0) is 4.79 Å². The summed E-state index contributed by atoms with van der Waals surface area (Å²) in [5, 5.41) is 12.2. The molecule has 3 heteroatoms. The number of anilines is 1. The second kappa shape index (κ2) is 5.82. The second-order valence-electron chi connectivity index (χ2n) is 4.82. The van der Waals surface area contributed by atoms with E-state index in [-0.39, 0.29) is 11.8 Å². The zero-order chi connectivity index (χ0) is 13.0. The van der Waals surface area contributed by atoms with Gasteiger partial charge < -0.3 is 10.4 Å². The van der Waals surface area contributed by atoms with E-state index >= 15 is 0 Å². The molecule has 0 saturated heterocycles. The van der Waals surface area contributed by atoms with Gasteiger partial charge in [-0.15, -0.1) is 0 Å². The summed E-state index contributed by atoms with van der Waals surface area (Å²) in [7, 11) is 0. The number of rotatable bonds is 4. The predicted octanol–water partition coefficient (Wildman–Crippen LogP) is 2.97. The molecule has 0 saturated carbocycles. The average Bonchev–Trinajstić information content (AvgIpc) is 2.28. The third-order valence-corrected chi connectivity index (χ3v) is 3.07. The van der Waals surface area contributed by atoms with Gasteiger partial charge in [0.2, 0.25) is 5.91 Å². The SMILES string of the molecule is CC(O)c1ccc(NC(=O)C(C)C(C)C)cc1. The van der Waals surface area contributed by atoms with E-state index in [1.54, 1.807) is 6.92 Å². The van der Waals surface area contributed by atoms with Crippen molar-refractivity contribution >= 4 is 11.6 Å². The predicted molar refractivity (Wildman–Crippen MR) is 69.7 cm³/mol. The topological polar surface area (TPSA) is 49.3 Å². The monoisotopic (exact) mass is 235 g/mol. The fourth-order valence-corrected chi connectivity index (χ4v) is 1.40. The first kappa shape index (κ1) is 13.7. The Balaban J connectivity index is 2.66. The Bertz CT molecular complexity index is 368. The lowest BCUT2D eigenvalue weighted by molar-refractivity contribution is -0.120. The molecular weight excluding hydrogens is 214 g/mol. The molecule has 1 rings (SSSR count). The number of hydrogen-bond acceptors (Lipinski definition) is 2. The molecule has 0 spiro atoms. The van der Waals surface area contributed by atoms with Gasteiger partial charge in [0.1, 0.15) is 0 Å². The van der Waals surface area contributed by atoms with Crippen LogP contribution in [0.3, 0.4) is 0 Å². The van der Waals surface area contributed by atoms with Crippen LogP contribution < -0.4 is 5.32 Å². The van der Waals surface area contributed by atoms with Crippen LogP contribution >= 0.6 is 0 Å². The largest absolute Gasteiger partial charge is 0.389 e. The summed E-state index contributed by atoms with van der Waals surface area (Å²) < 4.78 is 0. The van der Waals surface area contributed by atoms with Gasteiger partial charge in [0.15, 0.2) is 0 Å². The van der Waals surface area contributed by atoms with Gasteiger partial charge in [-0.05, 0) is 30.5 Å². The highest BCUT2D eigenvalue weighted by molar-refractivity contribution is 5.92. The van der Waals surface area contributed by atoms with Crippen LogP contribution in [0.5, 0.6) is 0 Å². The maximum Gasteiger partial charge on any atom is 0.227 e. The maximum absolute atomic E-state index is 11.8. The van der Waals surface area contributed by atoms with Crippen LogP contribution in [0.15, 0.2) is 24.3 Å². The van der Waals surface area contributed by atoms with Gasteiger partial charge in [-0.2, -0.15) is 0 Å². The van der Waals surface area contributed by atoms with E-state index in [9.17, 15) is 9.90 Å². The number of hydrogen-bond donors (Lipinski definition) is 2. The lowest BCUT2D eigenvalue weighted by Gasteiger charge is -2.15. The Morgan fingerprint density at radius 2 is 1.65 bits per heavy atom. The minimum Gasteiger partial charge on any atom is -0.389 e. The lowest BCUT2D eigenvalue weighted by Crippen LogP contribution is -2.24. The Labute approximate surface area is 103 Å². The number of aliphatic hydroxyl groups excluding tert-OH is 1. The molecule has 0 aromatic heterocycles. The molecular formula is C14H21NO2. The van der Waals surface area contributed by atoms with E-state index in [1.165, 1.54) is 0 Å². The molecule has 2 unspecified atom stereocenters. The normalized spacial score (nSPS) is 14.5. The Kier molecular flexibility index (Phi) is 4.70.